The number of aliphatic hydroxyl groups is 1. The first kappa shape index (κ1) is 24.0. The van der Waals surface area contributed by atoms with Gasteiger partial charge >= 0.3 is 6.18 Å². The van der Waals surface area contributed by atoms with E-state index < -0.39 is 60.6 Å². The molecule has 0 saturated heterocycles. The molecule has 0 aromatic heterocycles. The highest BCUT2D eigenvalue weighted by molar-refractivity contribution is 9.10. The van der Waals surface area contributed by atoms with Crippen LogP contribution in [-0.4, -0.2) is 29.2 Å². The van der Waals surface area contributed by atoms with Gasteiger partial charge in [0.15, 0.2) is 0 Å². The minimum Gasteiger partial charge on any atom is -0.393 e. The normalized spacial score (nSPS) is 24.9. The molecule has 1 saturated carbocycles. The van der Waals surface area contributed by atoms with Crippen molar-refractivity contribution in [3.63, 3.8) is 0 Å². The van der Waals surface area contributed by atoms with Gasteiger partial charge in [0.2, 0.25) is 5.91 Å². The number of hydrogen-bond acceptors (Lipinski definition) is 3. The van der Waals surface area contributed by atoms with Crippen LogP contribution in [0.5, 0.6) is 0 Å². The molecule has 1 fully saturated rings. The predicted molar refractivity (Wildman–Crippen MR) is 116 cm³/mol. The molecule has 0 bridgehead atoms. The van der Waals surface area contributed by atoms with E-state index in [4.69, 9.17) is 11.6 Å². The summed E-state index contributed by atoms with van der Waals surface area (Å²) in [4.78, 5) is 25.5. The van der Waals surface area contributed by atoms with Crippen LogP contribution in [0, 0.1) is 17.7 Å². The van der Waals surface area contributed by atoms with Crippen LogP contribution in [0.2, 0.25) is 5.02 Å². The molecule has 33 heavy (non-hydrogen) atoms. The Balaban J connectivity index is 1.68. The predicted octanol–water partition coefficient (Wildman–Crippen LogP) is 5.35. The van der Waals surface area contributed by atoms with Crippen molar-refractivity contribution in [1.82, 2.24) is 5.32 Å². The van der Waals surface area contributed by atoms with Gasteiger partial charge in [-0.05, 0) is 49.6 Å². The fourth-order valence-corrected chi connectivity index (χ4v) is 5.16. The molecule has 0 spiro atoms. The first-order valence-corrected chi connectivity index (χ1v) is 11.3. The second-order valence-corrected chi connectivity index (χ2v) is 9.60. The van der Waals surface area contributed by atoms with Crippen LogP contribution in [0.25, 0.3) is 0 Å². The van der Waals surface area contributed by atoms with E-state index in [-0.39, 0.29) is 28.3 Å². The van der Waals surface area contributed by atoms with Gasteiger partial charge in [-0.25, -0.2) is 4.39 Å². The van der Waals surface area contributed by atoms with E-state index in [0.29, 0.717) is 10.0 Å². The number of aliphatic hydroxyl groups excluding tert-OH is 1. The third kappa shape index (κ3) is 4.88. The molecule has 4 rings (SSSR count). The number of rotatable bonds is 3. The fraction of sp³-hybridized carbons (Fsp3) is 0.364. The SMILES string of the molecule is O=C1N[C@H](c2cc(F)ccc2Cl)c2c(NC(=O)[C@H]3C[C@@H](O)C[C@@H](C(F)(F)F)C3)cc(Br)cc21. The molecule has 1 aliphatic heterocycles. The summed E-state index contributed by atoms with van der Waals surface area (Å²) >= 11 is 9.50. The summed E-state index contributed by atoms with van der Waals surface area (Å²) in [5, 5.41) is 15.4. The van der Waals surface area contributed by atoms with E-state index >= 15 is 0 Å². The Morgan fingerprint density at radius 3 is 2.61 bits per heavy atom. The number of alkyl halides is 3. The van der Waals surface area contributed by atoms with Crippen LogP contribution in [0.3, 0.4) is 0 Å². The molecule has 5 nitrogen and oxygen atoms in total. The first-order chi connectivity index (χ1) is 15.4. The van der Waals surface area contributed by atoms with Crippen molar-refractivity contribution < 1.29 is 32.3 Å². The number of fused-ring (bicyclic) bond motifs is 1. The summed E-state index contributed by atoms with van der Waals surface area (Å²) in [5.74, 6) is -4.61. The van der Waals surface area contributed by atoms with Gasteiger partial charge in [0.25, 0.3) is 5.91 Å². The second-order valence-electron chi connectivity index (χ2n) is 8.27. The molecule has 4 atom stereocenters. The standard InChI is InChI=1S/C22H18BrClF4N2O3/c23-11-6-15-18(19(30-21(15)33)14-8-12(25)1-2-16(14)24)17(7-11)29-20(32)9-3-10(22(26,27)28)5-13(31)4-9/h1-2,6-10,13,19,31H,3-5H2,(H,29,32)(H,30,33)/t9-,10+,13-,19-/m1/s1. The topological polar surface area (TPSA) is 78.4 Å². The Bertz CT molecular complexity index is 1130. The largest absolute Gasteiger partial charge is 0.393 e. The molecule has 2 aromatic rings. The third-order valence-corrected chi connectivity index (χ3v) is 6.80. The summed E-state index contributed by atoms with van der Waals surface area (Å²) < 4.78 is 54.0. The summed E-state index contributed by atoms with van der Waals surface area (Å²) in [6.45, 7) is 0. The number of carbonyl (C=O) groups is 2. The maximum atomic E-state index is 13.9. The molecule has 0 unspecified atom stereocenters. The van der Waals surface area contributed by atoms with E-state index in [2.05, 4.69) is 26.6 Å². The van der Waals surface area contributed by atoms with Crippen LogP contribution in [0.15, 0.2) is 34.8 Å². The van der Waals surface area contributed by atoms with Gasteiger partial charge in [0.1, 0.15) is 5.82 Å². The Labute approximate surface area is 199 Å². The van der Waals surface area contributed by atoms with Gasteiger partial charge in [0.05, 0.1) is 18.1 Å². The van der Waals surface area contributed by atoms with Gasteiger partial charge in [0, 0.05) is 37.8 Å². The van der Waals surface area contributed by atoms with Gasteiger partial charge in [-0.1, -0.05) is 27.5 Å². The van der Waals surface area contributed by atoms with Crippen molar-refractivity contribution in [2.24, 2.45) is 11.8 Å². The lowest BCUT2D eigenvalue weighted by Gasteiger charge is -2.33. The highest BCUT2D eigenvalue weighted by atomic mass is 79.9. The number of halogens is 6. The van der Waals surface area contributed by atoms with Crippen molar-refractivity contribution in [2.45, 2.75) is 37.6 Å². The smallest absolute Gasteiger partial charge is 0.391 e. The third-order valence-electron chi connectivity index (χ3n) is 6.00. The molecule has 1 aliphatic carbocycles. The molecule has 2 aromatic carbocycles. The summed E-state index contributed by atoms with van der Waals surface area (Å²) in [6.07, 6.45) is -6.77. The summed E-state index contributed by atoms with van der Waals surface area (Å²) in [7, 11) is 0. The van der Waals surface area contributed by atoms with Gasteiger partial charge in [-0.3, -0.25) is 9.59 Å². The van der Waals surface area contributed by atoms with Crippen molar-refractivity contribution >= 4 is 45.0 Å². The van der Waals surface area contributed by atoms with Crippen LogP contribution in [-0.2, 0) is 4.79 Å². The molecule has 0 radical (unpaired) electrons. The first-order valence-electron chi connectivity index (χ1n) is 10.1. The second kappa shape index (κ2) is 8.88. The highest BCUT2D eigenvalue weighted by Crippen LogP contribution is 2.43. The Morgan fingerprint density at radius 1 is 1.18 bits per heavy atom. The molecule has 176 valence electrons. The number of carbonyl (C=O) groups excluding carboxylic acids is 2. The van der Waals surface area contributed by atoms with Crippen molar-refractivity contribution in [3.8, 4) is 0 Å². The number of hydrogen-bond donors (Lipinski definition) is 3. The Kier molecular flexibility index (Phi) is 6.45. The van der Waals surface area contributed by atoms with Gasteiger partial charge in [-0.2, -0.15) is 13.2 Å². The van der Waals surface area contributed by atoms with E-state index in [1.807, 2.05) is 0 Å². The summed E-state index contributed by atoms with van der Waals surface area (Å²) in [6, 6.07) is 5.84. The van der Waals surface area contributed by atoms with Gasteiger partial charge in [-0.15, -0.1) is 0 Å². The average molecular weight is 550 g/mol. The van der Waals surface area contributed by atoms with Crippen molar-refractivity contribution in [3.05, 3.63) is 62.3 Å². The zero-order valence-corrected chi connectivity index (χ0v) is 19.2. The van der Waals surface area contributed by atoms with E-state index in [1.54, 1.807) is 0 Å². The minimum absolute atomic E-state index is 0.106. The molecule has 2 aliphatic rings. The van der Waals surface area contributed by atoms with Crippen LogP contribution >= 0.6 is 27.5 Å². The number of anilines is 1. The lowest BCUT2D eigenvalue weighted by molar-refractivity contribution is -0.194. The van der Waals surface area contributed by atoms with E-state index in [9.17, 15) is 32.3 Å². The number of benzene rings is 2. The maximum Gasteiger partial charge on any atom is 0.391 e. The fourth-order valence-electron chi connectivity index (χ4n) is 4.48. The quantitative estimate of drug-likeness (QED) is 0.452. The van der Waals surface area contributed by atoms with E-state index in [1.165, 1.54) is 30.3 Å². The molecular formula is C22H18BrClF4N2O3. The van der Waals surface area contributed by atoms with Crippen LogP contribution in [0.1, 0.15) is 46.8 Å². The summed E-state index contributed by atoms with van der Waals surface area (Å²) in [5.41, 5.74) is 0.984. The van der Waals surface area contributed by atoms with Crippen LogP contribution < -0.4 is 10.6 Å². The van der Waals surface area contributed by atoms with Gasteiger partial charge < -0.3 is 15.7 Å². The Morgan fingerprint density at radius 2 is 1.91 bits per heavy atom. The zero-order valence-electron chi connectivity index (χ0n) is 16.8. The Hall–Kier alpha value is -2.17. The zero-order chi connectivity index (χ0) is 24.1. The highest BCUT2D eigenvalue weighted by Gasteiger charge is 2.46. The van der Waals surface area contributed by atoms with Crippen molar-refractivity contribution in [1.29, 1.82) is 0 Å². The minimum atomic E-state index is -4.52. The molecule has 1 heterocycles. The molecule has 11 heteroatoms. The molecule has 3 N–H and O–H groups in total. The van der Waals surface area contributed by atoms with Crippen molar-refractivity contribution in [2.75, 3.05) is 5.32 Å². The number of nitrogens with one attached hydrogen (secondary N) is 2. The molecule has 2 amide bonds. The molecular weight excluding hydrogens is 532 g/mol. The van der Waals surface area contributed by atoms with Crippen LogP contribution in [0.4, 0.5) is 23.2 Å². The maximum absolute atomic E-state index is 13.9. The number of amides is 2. The lowest BCUT2D eigenvalue weighted by atomic mass is 9.79. The lowest BCUT2D eigenvalue weighted by Crippen LogP contribution is -2.39. The monoisotopic (exact) mass is 548 g/mol. The average Bonchev–Trinajstić information content (AvgIpc) is 3.05. The van der Waals surface area contributed by atoms with E-state index in [0.717, 1.165) is 0 Å².